The van der Waals surface area contributed by atoms with Gasteiger partial charge in [-0.3, -0.25) is 0 Å². The average Bonchev–Trinajstić information content (AvgIpc) is 2.34. The molecular formula is C12H15F3N2O2S. The minimum Gasteiger partial charge on any atom is -0.314 e. The fraction of sp³-hybridized carbons (Fsp3) is 0.500. The van der Waals surface area contributed by atoms with Gasteiger partial charge >= 0.3 is 0 Å². The van der Waals surface area contributed by atoms with Gasteiger partial charge in [0.25, 0.3) is 0 Å². The van der Waals surface area contributed by atoms with Crippen LogP contribution in [-0.4, -0.2) is 37.9 Å². The monoisotopic (exact) mass is 308 g/mol. The van der Waals surface area contributed by atoms with E-state index in [0.29, 0.717) is 19.2 Å². The highest BCUT2D eigenvalue weighted by Gasteiger charge is 2.40. The molecule has 0 aromatic heterocycles. The number of hydrogen-bond donors (Lipinski definition) is 1. The molecule has 8 heteroatoms. The van der Waals surface area contributed by atoms with Gasteiger partial charge in [-0.15, -0.1) is 0 Å². The number of hydrogen-bond acceptors (Lipinski definition) is 3. The molecule has 0 amide bonds. The predicted molar refractivity (Wildman–Crippen MR) is 67.2 cm³/mol. The van der Waals surface area contributed by atoms with E-state index in [1.807, 2.05) is 0 Å². The quantitative estimate of drug-likeness (QED) is 0.842. The first-order valence-electron chi connectivity index (χ1n) is 6.05. The lowest BCUT2D eigenvalue weighted by Gasteiger charge is -2.41. The topological polar surface area (TPSA) is 49.4 Å². The highest BCUT2D eigenvalue weighted by Crippen LogP contribution is 2.28. The standard InChI is InChI=1S/C12H15F3N2O2S/c1-12(2)7-16-5-6-17(12)20(18,19)9-4-3-8(13)10(14)11(9)15/h3-4,16H,5-7H2,1-2H3. The van der Waals surface area contributed by atoms with Gasteiger partial charge in [-0.1, -0.05) is 0 Å². The molecule has 20 heavy (non-hydrogen) atoms. The van der Waals surface area contributed by atoms with E-state index in [1.165, 1.54) is 0 Å². The van der Waals surface area contributed by atoms with Crippen molar-refractivity contribution in [3.63, 3.8) is 0 Å². The zero-order chi connectivity index (χ0) is 15.1. The summed E-state index contributed by atoms with van der Waals surface area (Å²) in [5.74, 6) is -4.88. The first-order chi connectivity index (χ1) is 9.18. The SMILES string of the molecule is CC1(C)CNCCN1S(=O)(=O)c1ccc(F)c(F)c1F. The molecule has 112 valence electrons. The molecule has 4 nitrogen and oxygen atoms in total. The van der Waals surface area contributed by atoms with E-state index in [0.717, 1.165) is 10.4 Å². The number of nitrogens with zero attached hydrogens (tertiary/aromatic N) is 1. The Labute approximate surface area is 115 Å². The Morgan fingerprint density at radius 3 is 2.45 bits per heavy atom. The van der Waals surface area contributed by atoms with Crippen molar-refractivity contribution >= 4 is 10.0 Å². The van der Waals surface area contributed by atoms with Crippen molar-refractivity contribution in [1.82, 2.24) is 9.62 Å². The van der Waals surface area contributed by atoms with Crippen molar-refractivity contribution in [3.05, 3.63) is 29.6 Å². The lowest BCUT2D eigenvalue weighted by atomic mass is 10.0. The van der Waals surface area contributed by atoms with Gasteiger partial charge < -0.3 is 5.32 Å². The number of benzene rings is 1. The molecule has 1 aliphatic heterocycles. The summed E-state index contributed by atoms with van der Waals surface area (Å²) in [5.41, 5.74) is -0.783. The van der Waals surface area contributed by atoms with Gasteiger partial charge in [0.15, 0.2) is 17.5 Å². The summed E-state index contributed by atoms with van der Waals surface area (Å²) in [6.45, 7) is 4.28. The molecule has 0 atom stereocenters. The van der Waals surface area contributed by atoms with Crippen LogP contribution < -0.4 is 5.32 Å². The molecule has 1 fully saturated rings. The molecule has 0 radical (unpaired) electrons. The third-order valence-corrected chi connectivity index (χ3v) is 5.42. The highest BCUT2D eigenvalue weighted by atomic mass is 32.2. The summed E-state index contributed by atoms with van der Waals surface area (Å²) in [7, 11) is -4.23. The Bertz CT molecular complexity index is 632. The van der Waals surface area contributed by atoms with Crippen molar-refractivity contribution in [2.75, 3.05) is 19.6 Å². The Morgan fingerprint density at radius 2 is 1.85 bits per heavy atom. The van der Waals surface area contributed by atoms with Crippen LogP contribution in [-0.2, 0) is 10.0 Å². The van der Waals surface area contributed by atoms with Crippen molar-refractivity contribution in [1.29, 1.82) is 0 Å². The molecule has 1 aliphatic rings. The van der Waals surface area contributed by atoms with Crippen LogP contribution in [0.3, 0.4) is 0 Å². The van der Waals surface area contributed by atoms with Crippen LogP contribution in [0.25, 0.3) is 0 Å². The second-order valence-electron chi connectivity index (χ2n) is 5.24. The zero-order valence-corrected chi connectivity index (χ0v) is 11.9. The van der Waals surface area contributed by atoms with Gasteiger partial charge in [0.1, 0.15) is 4.90 Å². The summed E-state index contributed by atoms with van der Waals surface area (Å²) < 4.78 is 65.9. The molecule has 1 aromatic rings. The normalized spacial score (nSPS) is 20.1. The van der Waals surface area contributed by atoms with E-state index in [1.54, 1.807) is 13.8 Å². The fourth-order valence-corrected chi connectivity index (χ4v) is 4.08. The van der Waals surface area contributed by atoms with Crippen LogP contribution >= 0.6 is 0 Å². The van der Waals surface area contributed by atoms with Crippen molar-refractivity contribution < 1.29 is 21.6 Å². The van der Waals surface area contributed by atoms with E-state index in [-0.39, 0.29) is 6.54 Å². The molecule has 0 spiro atoms. The Hall–Kier alpha value is -1.12. The van der Waals surface area contributed by atoms with Crippen LogP contribution in [0.2, 0.25) is 0 Å². The summed E-state index contributed by atoms with van der Waals surface area (Å²) in [6, 6.07) is 1.36. The smallest absolute Gasteiger partial charge is 0.246 e. The average molecular weight is 308 g/mol. The van der Waals surface area contributed by atoms with Crippen LogP contribution in [0.4, 0.5) is 13.2 Å². The largest absolute Gasteiger partial charge is 0.314 e. The van der Waals surface area contributed by atoms with E-state index in [4.69, 9.17) is 0 Å². The summed E-state index contributed by atoms with van der Waals surface area (Å²) in [4.78, 5) is -0.841. The third kappa shape index (κ3) is 2.43. The van der Waals surface area contributed by atoms with Crippen LogP contribution in [0.15, 0.2) is 17.0 Å². The first-order valence-corrected chi connectivity index (χ1v) is 7.49. The molecular weight excluding hydrogens is 293 g/mol. The van der Waals surface area contributed by atoms with Crippen molar-refractivity contribution in [3.8, 4) is 0 Å². The maximum atomic E-state index is 13.7. The maximum Gasteiger partial charge on any atom is 0.246 e. The number of sulfonamides is 1. The van der Waals surface area contributed by atoms with E-state index >= 15 is 0 Å². The fourth-order valence-electron chi connectivity index (χ4n) is 2.24. The van der Waals surface area contributed by atoms with Crippen LogP contribution in [0.1, 0.15) is 13.8 Å². The van der Waals surface area contributed by atoms with Crippen LogP contribution in [0, 0.1) is 17.5 Å². The molecule has 1 aromatic carbocycles. The van der Waals surface area contributed by atoms with Gasteiger partial charge in [-0.05, 0) is 26.0 Å². The molecule has 0 unspecified atom stereocenters. The van der Waals surface area contributed by atoms with Crippen molar-refractivity contribution in [2.24, 2.45) is 0 Å². The maximum absolute atomic E-state index is 13.7. The lowest BCUT2D eigenvalue weighted by molar-refractivity contribution is 0.185. The molecule has 0 aliphatic carbocycles. The molecule has 0 saturated carbocycles. The minimum atomic E-state index is -4.23. The van der Waals surface area contributed by atoms with Gasteiger partial charge in [-0.25, -0.2) is 21.6 Å². The van der Waals surface area contributed by atoms with Gasteiger partial charge in [0.05, 0.1) is 0 Å². The molecule has 1 N–H and O–H groups in total. The zero-order valence-electron chi connectivity index (χ0n) is 11.1. The number of piperazine rings is 1. The first kappa shape index (κ1) is 15.3. The van der Waals surface area contributed by atoms with Gasteiger partial charge in [0.2, 0.25) is 10.0 Å². The lowest BCUT2D eigenvalue weighted by Crippen LogP contribution is -2.59. The number of rotatable bonds is 2. The van der Waals surface area contributed by atoms with Crippen LogP contribution in [0.5, 0.6) is 0 Å². The highest BCUT2D eigenvalue weighted by molar-refractivity contribution is 7.89. The van der Waals surface area contributed by atoms with E-state index < -0.39 is 37.9 Å². The van der Waals surface area contributed by atoms with E-state index in [9.17, 15) is 21.6 Å². The Kier molecular flexibility index (Phi) is 3.83. The number of nitrogens with one attached hydrogen (secondary N) is 1. The molecule has 0 bridgehead atoms. The predicted octanol–water partition coefficient (Wildman–Crippen LogP) is 1.48. The summed E-state index contributed by atoms with van der Waals surface area (Å²) in [6.07, 6.45) is 0. The van der Waals surface area contributed by atoms with Gasteiger partial charge in [0, 0.05) is 25.2 Å². The molecule has 1 saturated heterocycles. The number of halogens is 3. The minimum absolute atomic E-state index is 0.133. The Balaban J connectivity index is 2.53. The van der Waals surface area contributed by atoms with E-state index in [2.05, 4.69) is 5.32 Å². The second kappa shape index (κ2) is 5.01. The molecule has 1 heterocycles. The van der Waals surface area contributed by atoms with Crippen molar-refractivity contribution in [2.45, 2.75) is 24.3 Å². The second-order valence-corrected chi connectivity index (χ2v) is 7.07. The Morgan fingerprint density at radius 1 is 1.20 bits per heavy atom. The summed E-state index contributed by atoms with van der Waals surface area (Å²) in [5, 5.41) is 3.03. The third-order valence-electron chi connectivity index (χ3n) is 3.29. The summed E-state index contributed by atoms with van der Waals surface area (Å²) >= 11 is 0. The molecule has 2 rings (SSSR count). The van der Waals surface area contributed by atoms with Gasteiger partial charge in [-0.2, -0.15) is 4.31 Å².